The number of carbonyl (C=O) groups is 2. The molecule has 25 heavy (non-hydrogen) atoms. The number of benzene rings is 1. The smallest absolute Gasteiger partial charge is 0.253 e. The van der Waals surface area contributed by atoms with Crippen LogP contribution in [-0.2, 0) is 4.79 Å². The average molecular weight is 345 g/mol. The van der Waals surface area contributed by atoms with Crippen molar-refractivity contribution in [1.82, 2.24) is 15.5 Å². The fourth-order valence-electron chi connectivity index (χ4n) is 3.80. The third kappa shape index (κ3) is 4.51. The molecule has 2 saturated heterocycles. The average Bonchev–Trinajstić information content (AvgIpc) is 3.06. The summed E-state index contributed by atoms with van der Waals surface area (Å²) in [5, 5.41) is 6.12. The largest absolute Gasteiger partial charge is 0.492 e. The summed E-state index contributed by atoms with van der Waals surface area (Å²) in [6, 6.07) is 7.28. The summed E-state index contributed by atoms with van der Waals surface area (Å²) in [4.78, 5) is 25.6. The van der Waals surface area contributed by atoms with Crippen LogP contribution in [0.25, 0.3) is 0 Å². The highest BCUT2D eigenvalue weighted by molar-refractivity contribution is 5.94. The Balaban J connectivity index is 1.54. The van der Waals surface area contributed by atoms with Gasteiger partial charge in [0, 0.05) is 37.5 Å². The molecule has 1 aromatic carbocycles. The lowest BCUT2D eigenvalue weighted by Gasteiger charge is -2.40. The van der Waals surface area contributed by atoms with E-state index < -0.39 is 0 Å². The number of rotatable bonds is 5. The quantitative estimate of drug-likeness (QED) is 0.792. The van der Waals surface area contributed by atoms with Crippen molar-refractivity contribution < 1.29 is 14.3 Å². The maximum atomic E-state index is 12.8. The van der Waals surface area contributed by atoms with Gasteiger partial charge in [0.05, 0.1) is 6.54 Å². The molecule has 2 N–H and O–H groups in total. The predicted molar refractivity (Wildman–Crippen MR) is 95.7 cm³/mol. The second-order valence-electron chi connectivity index (χ2n) is 7.11. The Kier molecular flexibility index (Phi) is 5.58. The highest BCUT2D eigenvalue weighted by Gasteiger charge is 2.39. The highest BCUT2D eigenvalue weighted by atomic mass is 16.5. The minimum atomic E-state index is -0.0682. The van der Waals surface area contributed by atoms with Crippen molar-refractivity contribution in [2.24, 2.45) is 5.41 Å². The number of hydrogen-bond acceptors (Lipinski definition) is 4. The van der Waals surface area contributed by atoms with Crippen molar-refractivity contribution in [1.29, 1.82) is 0 Å². The fourth-order valence-corrected chi connectivity index (χ4v) is 3.80. The van der Waals surface area contributed by atoms with Gasteiger partial charge in [0.1, 0.15) is 12.4 Å². The van der Waals surface area contributed by atoms with Gasteiger partial charge in [-0.25, -0.2) is 0 Å². The molecular weight excluding hydrogens is 318 g/mol. The van der Waals surface area contributed by atoms with Gasteiger partial charge in [0.2, 0.25) is 5.91 Å². The lowest BCUT2D eigenvalue weighted by molar-refractivity contribution is -0.119. The van der Waals surface area contributed by atoms with E-state index in [1.54, 1.807) is 0 Å². The van der Waals surface area contributed by atoms with E-state index in [4.69, 9.17) is 4.74 Å². The maximum Gasteiger partial charge on any atom is 0.253 e. The molecule has 0 aliphatic carbocycles. The van der Waals surface area contributed by atoms with E-state index >= 15 is 0 Å². The van der Waals surface area contributed by atoms with Crippen molar-refractivity contribution in [3.05, 3.63) is 29.8 Å². The second-order valence-corrected chi connectivity index (χ2v) is 7.11. The van der Waals surface area contributed by atoms with Gasteiger partial charge >= 0.3 is 0 Å². The van der Waals surface area contributed by atoms with Crippen molar-refractivity contribution in [3.63, 3.8) is 0 Å². The van der Waals surface area contributed by atoms with Crippen LogP contribution in [0.3, 0.4) is 0 Å². The first-order chi connectivity index (χ1) is 12.1. The molecule has 0 aromatic heterocycles. The van der Waals surface area contributed by atoms with E-state index in [-0.39, 0.29) is 17.2 Å². The molecule has 6 nitrogen and oxygen atoms in total. The first-order valence-corrected chi connectivity index (χ1v) is 9.05. The Hall–Kier alpha value is -2.08. The minimum absolute atomic E-state index is 0.0682. The Morgan fingerprint density at radius 2 is 2.08 bits per heavy atom. The second kappa shape index (κ2) is 7.87. The number of nitrogens with zero attached hydrogens (tertiary/aromatic N) is 1. The summed E-state index contributed by atoms with van der Waals surface area (Å²) in [5.74, 6) is 0.745. The lowest BCUT2D eigenvalue weighted by Crippen LogP contribution is -2.47. The van der Waals surface area contributed by atoms with Crippen LogP contribution >= 0.6 is 0 Å². The molecular formula is C19H27N3O3. The van der Waals surface area contributed by atoms with E-state index in [9.17, 15) is 9.59 Å². The summed E-state index contributed by atoms with van der Waals surface area (Å²) in [6.07, 6.45) is 3.46. The third-order valence-electron chi connectivity index (χ3n) is 5.13. The molecule has 2 fully saturated rings. The Labute approximate surface area is 148 Å². The van der Waals surface area contributed by atoms with Crippen LogP contribution in [0.15, 0.2) is 24.3 Å². The summed E-state index contributed by atoms with van der Waals surface area (Å²) >= 11 is 0. The monoisotopic (exact) mass is 345 g/mol. The van der Waals surface area contributed by atoms with Gasteiger partial charge in [-0.15, -0.1) is 0 Å². The van der Waals surface area contributed by atoms with Crippen LogP contribution < -0.4 is 15.4 Å². The molecule has 136 valence electrons. The number of amides is 2. The minimum Gasteiger partial charge on any atom is -0.492 e. The predicted octanol–water partition coefficient (Wildman–Crippen LogP) is 1.42. The van der Waals surface area contributed by atoms with Crippen LogP contribution in [-0.4, -0.2) is 56.0 Å². The zero-order chi connectivity index (χ0) is 17.7. The summed E-state index contributed by atoms with van der Waals surface area (Å²) in [5.41, 5.74) is 0.984. The van der Waals surface area contributed by atoms with E-state index in [1.807, 2.05) is 29.2 Å². The summed E-state index contributed by atoms with van der Waals surface area (Å²) in [7, 11) is 0. The lowest BCUT2D eigenvalue weighted by atomic mass is 9.79. The van der Waals surface area contributed by atoms with Crippen LogP contribution in [0, 0.1) is 5.41 Å². The summed E-state index contributed by atoms with van der Waals surface area (Å²) in [6.45, 7) is 6.15. The maximum absolute atomic E-state index is 12.8. The van der Waals surface area contributed by atoms with Gasteiger partial charge in [-0.3, -0.25) is 9.59 Å². The van der Waals surface area contributed by atoms with E-state index in [1.165, 1.54) is 13.3 Å². The number of carbonyl (C=O) groups excluding carboxylic acids is 2. The number of hydrogen-bond donors (Lipinski definition) is 2. The van der Waals surface area contributed by atoms with Gasteiger partial charge < -0.3 is 20.3 Å². The SMILES string of the molecule is CC(=O)NCCOc1ccc(C(=O)N2CCC[C@]3(CCNC3)C2)cc1. The zero-order valence-electron chi connectivity index (χ0n) is 14.8. The Morgan fingerprint density at radius 3 is 2.76 bits per heavy atom. The number of nitrogens with one attached hydrogen (secondary N) is 2. The van der Waals surface area contributed by atoms with Crippen molar-refractivity contribution >= 4 is 11.8 Å². The highest BCUT2D eigenvalue weighted by Crippen LogP contribution is 2.36. The fraction of sp³-hybridized carbons (Fsp3) is 0.579. The van der Waals surface area contributed by atoms with Crippen LogP contribution in [0.5, 0.6) is 5.75 Å². The van der Waals surface area contributed by atoms with Crippen LogP contribution in [0.4, 0.5) is 0 Å². The first-order valence-electron chi connectivity index (χ1n) is 9.05. The molecule has 1 spiro atoms. The molecule has 3 rings (SSSR count). The van der Waals surface area contributed by atoms with E-state index in [0.29, 0.717) is 24.5 Å². The number of likely N-dealkylation sites (tertiary alicyclic amines) is 1. The molecule has 0 saturated carbocycles. The van der Waals surface area contributed by atoms with Gasteiger partial charge in [0.15, 0.2) is 0 Å². The Morgan fingerprint density at radius 1 is 1.28 bits per heavy atom. The van der Waals surface area contributed by atoms with Gasteiger partial charge in [0.25, 0.3) is 5.91 Å². The van der Waals surface area contributed by atoms with E-state index in [2.05, 4.69) is 10.6 Å². The van der Waals surface area contributed by atoms with E-state index in [0.717, 1.165) is 39.0 Å². The van der Waals surface area contributed by atoms with Crippen molar-refractivity contribution in [2.45, 2.75) is 26.2 Å². The summed E-state index contributed by atoms with van der Waals surface area (Å²) < 4.78 is 5.56. The van der Waals surface area contributed by atoms with Crippen LogP contribution in [0.2, 0.25) is 0 Å². The molecule has 6 heteroatoms. The third-order valence-corrected chi connectivity index (χ3v) is 5.13. The molecule has 0 bridgehead atoms. The molecule has 0 radical (unpaired) electrons. The number of piperidine rings is 1. The van der Waals surface area contributed by atoms with Gasteiger partial charge in [-0.2, -0.15) is 0 Å². The molecule has 1 aromatic rings. The number of ether oxygens (including phenoxy) is 1. The molecule has 2 aliphatic heterocycles. The van der Waals surface area contributed by atoms with Crippen molar-refractivity contribution in [3.8, 4) is 5.75 Å². The molecule has 2 heterocycles. The topological polar surface area (TPSA) is 70.7 Å². The van der Waals surface area contributed by atoms with Gasteiger partial charge in [-0.05, 0) is 50.1 Å². The molecule has 2 amide bonds. The van der Waals surface area contributed by atoms with Crippen LogP contribution in [0.1, 0.15) is 36.5 Å². The first kappa shape index (κ1) is 17.7. The molecule has 2 aliphatic rings. The van der Waals surface area contributed by atoms with Crippen molar-refractivity contribution in [2.75, 3.05) is 39.3 Å². The standard InChI is InChI=1S/C19H27N3O3/c1-15(23)21-10-12-25-17-5-3-16(4-6-17)18(24)22-11-2-7-19(14-22)8-9-20-13-19/h3-6,20H,2,7-14H2,1H3,(H,21,23)/t19-/m1/s1. The Bertz CT molecular complexity index is 609. The zero-order valence-corrected chi connectivity index (χ0v) is 14.8. The molecule has 1 atom stereocenters. The molecule has 0 unspecified atom stereocenters. The normalized spacial score (nSPS) is 22.8. The van der Waals surface area contributed by atoms with Gasteiger partial charge in [-0.1, -0.05) is 0 Å².